The molecule has 7 heteroatoms. The number of amides is 1. The Labute approximate surface area is 168 Å². The third-order valence-corrected chi connectivity index (χ3v) is 4.40. The number of nitrogens with zero attached hydrogens (tertiary/aromatic N) is 2. The lowest BCUT2D eigenvalue weighted by molar-refractivity contribution is -0.118. The van der Waals surface area contributed by atoms with Crippen LogP contribution in [0.2, 0.25) is 0 Å². The molecule has 4 rings (SSSR count). The highest BCUT2D eigenvalue weighted by molar-refractivity contribution is 5.92. The summed E-state index contributed by atoms with van der Waals surface area (Å²) in [5.74, 6) is 1.61. The number of para-hydroxylation sites is 1. The van der Waals surface area contributed by atoms with Gasteiger partial charge in [-0.1, -0.05) is 18.7 Å². The molecular formula is C22H21N3O4. The van der Waals surface area contributed by atoms with E-state index in [0.717, 1.165) is 12.0 Å². The highest BCUT2D eigenvalue weighted by atomic mass is 16.5. The first kappa shape index (κ1) is 18.6. The molecule has 0 atom stereocenters. The predicted octanol–water partition coefficient (Wildman–Crippen LogP) is 3.58. The van der Waals surface area contributed by atoms with Gasteiger partial charge in [-0.15, -0.1) is 0 Å². The molecular weight excluding hydrogens is 370 g/mol. The summed E-state index contributed by atoms with van der Waals surface area (Å²) in [6, 6.07) is 12.8. The second-order valence-corrected chi connectivity index (χ2v) is 6.46. The molecule has 1 N–H and O–H groups in total. The molecule has 0 bridgehead atoms. The van der Waals surface area contributed by atoms with E-state index < -0.39 is 0 Å². The SMILES string of the molecule is C=C(c1ccccc1OCC(=O)Nc1ccc2c(c1)OCCCO2)n1ccnc1. The van der Waals surface area contributed by atoms with Gasteiger partial charge in [0, 0.05) is 36.1 Å². The Hall–Kier alpha value is -3.74. The maximum atomic E-state index is 12.4. The molecule has 1 amide bonds. The van der Waals surface area contributed by atoms with Gasteiger partial charge in [0.25, 0.3) is 5.91 Å². The molecule has 1 aliphatic heterocycles. The minimum atomic E-state index is -0.275. The molecule has 0 saturated heterocycles. The van der Waals surface area contributed by atoms with E-state index >= 15 is 0 Å². The van der Waals surface area contributed by atoms with E-state index in [1.165, 1.54) is 0 Å². The lowest BCUT2D eigenvalue weighted by atomic mass is 10.1. The van der Waals surface area contributed by atoms with Gasteiger partial charge in [0.2, 0.25) is 0 Å². The fraction of sp³-hybridized carbons (Fsp3) is 0.182. The summed E-state index contributed by atoms with van der Waals surface area (Å²) in [6.45, 7) is 5.16. The van der Waals surface area contributed by atoms with Crippen molar-refractivity contribution < 1.29 is 19.0 Å². The summed E-state index contributed by atoms with van der Waals surface area (Å²) in [5, 5.41) is 2.82. The lowest BCUT2D eigenvalue weighted by Gasteiger charge is -2.14. The van der Waals surface area contributed by atoms with Crippen LogP contribution in [0.15, 0.2) is 67.8 Å². The first-order valence-corrected chi connectivity index (χ1v) is 9.29. The number of carbonyl (C=O) groups is 1. The standard InChI is InChI=1S/C22H21N3O4/c1-16(25-10-9-23-15-25)18-5-2-3-6-19(18)29-14-22(26)24-17-7-8-20-21(13-17)28-12-4-11-27-20/h2-3,5-10,13,15H,1,4,11-12,14H2,(H,24,26). The Bertz CT molecular complexity index is 1010. The molecule has 1 aliphatic rings. The predicted molar refractivity (Wildman–Crippen MR) is 109 cm³/mol. The number of nitrogens with one attached hydrogen (secondary N) is 1. The number of imidazole rings is 1. The minimum Gasteiger partial charge on any atom is -0.490 e. The molecule has 0 aliphatic carbocycles. The largest absolute Gasteiger partial charge is 0.490 e. The minimum absolute atomic E-state index is 0.136. The van der Waals surface area contributed by atoms with E-state index in [2.05, 4.69) is 16.9 Å². The number of carbonyl (C=O) groups excluding carboxylic acids is 1. The molecule has 0 spiro atoms. The zero-order valence-corrected chi connectivity index (χ0v) is 15.8. The number of aromatic nitrogens is 2. The Morgan fingerprint density at radius 1 is 1.17 bits per heavy atom. The fourth-order valence-corrected chi connectivity index (χ4v) is 2.97. The number of ether oxygens (including phenoxy) is 3. The first-order valence-electron chi connectivity index (χ1n) is 9.29. The zero-order valence-electron chi connectivity index (χ0n) is 15.8. The van der Waals surface area contributed by atoms with Crippen LogP contribution < -0.4 is 19.5 Å². The number of hydrogen-bond donors (Lipinski definition) is 1. The van der Waals surface area contributed by atoms with Gasteiger partial charge in [0.15, 0.2) is 18.1 Å². The second-order valence-electron chi connectivity index (χ2n) is 6.46. The van der Waals surface area contributed by atoms with Crippen molar-refractivity contribution in [2.24, 2.45) is 0 Å². The second kappa shape index (κ2) is 8.52. The zero-order chi connectivity index (χ0) is 20.1. The van der Waals surface area contributed by atoms with E-state index in [0.29, 0.717) is 41.8 Å². The molecule has 0 saturated carbocycles. The van der Waals surface area contributed by atoms with E-state index in [9.17, 15) is 4.79 Å². The maximum absolute atomic E-state index is 12.4. The van der Waals surface area contributed by atoms with Crippen LogP contribution in [0.3, 0.4) is 0 Å². The molecule has 2 aromatic carbocycles. The van der Waals surface area contributed by atoms with Crippen LogP contribution in [0.25, 0.3) is 5.70 Å². The molecule has 148 valence electrons. The summed E-state index contributed by atoms with van der Waals surface area (Å²) < 4.78 is 18.8. The van der Waals surface area contributed by atoms with Crippen molar-refractivity contribution in [1.82, 2.24) is 9.55 Å². The number of fused-ring (bicyclic) bond motifs is 1. The van der Waals surface area contributed by atoms with Gasteiger partial charge in [0.1, 0.15) is 5.75 Å². The van der Waals surface area contributed by atoms with Gasteiger partial charge in [0.05, 0.1) is 25.2 Å². The third kappa shape index (κ3) is 4.40. The van der Waals surface area contributed by atoms with Crippen LogP contribution in [0, 0.1) is 0 Å². The van der Waals surface area contributed by atoms with E-state index in [1.54, 1.807) is 47.6 Å². The summed E-state index contributed by atoms with van der Waals surface area (Å²) >= 11 is 0. The maximum Gasteiger partial charge on any atom is 0.262 e. The summed E-state index contributed by atoms with van der Waals surface area (Å²) in [5.41, 5.74) is 2.12. The Morgan fingerprint density at radius 3 is 2.83 bits per heavy atom. The van der Waals surface area contributed by atoms with Crippen molar-refractivity contribution in [2.45, 2.75) is 6.42 Å². The van der Waals surface area contributed by atoms with Crippen LogP contribution in [-0.4, -0.2) is 35.3 Å². The third-order valence-electron chi connectivity index (χ3n) is 4.40. The van der Waals surface area contributed by atoms with Crippen molar-refractivity contribution in [3.63, 3.8) is 0 Å². The number of rotatable bonds is 6. The van der Waals surface area contributed by atoms with Crippen molar-refractivity contribution in [3.8, 4) is 17.2 Å². The Morgan fingerprint density at radius 2 is 2.00 bits per heavy atom. The molecule has 0 radical (unpaired) electrons. The topological polar surface area (TPSA) is 74.6 Å². The first-order chi connectivity index (χ1) is 14.2. The summed E-state index contributed by atoms with van der Waals surface area (Å²) in [4.78, 5) is 16.4. The smallest absolute Gasteiger partial charge is 0.262 e. The highest BCUT2D eigenvalue weighted by Gasteiger charge is 2.13. The van der Waals surface area contributed by atoms with Crippen LogP contribution >= 0.6 is 0 Å². The van der Waals surface area contributed by atoms with Crippen LogP contribution in [0.1, 0.15) is 12.0 Å². The molecule has 2 heterocycles. The normalized spacial score (nSPS) is 12.7. The van der Waals surface area contributed by atoms with Gasteiger partial charge in [-0.2, -0.15) is 0 Å². The molecule has 7 nitrogen and oxygen atoms in total. The van der Waals surface area contributed by atoms with Crippen LogP contribution in [0.4, 0.5) is 5.69 Å². The van der Waals surface area contributed by atoms with Gasteiger partial charge < -0.3 is 24.1 Å². The van der Waals surface area contributed by atoms with E-state index in [4.69, 9.17) is 14.2 Å². The fourth-order valence-electron chi connectivity index (χ4n) is 2.97. The molecule has 3 aromatic rings. The number of anilines is 1. The summed E-state index contributed by atoms with van der Waals surface area (Å²) in [6.07, 6.45) is 5.97. The Kier molecular flexibility index (Phi) is 5.47. The molecule has 1 aromatic heterocycles. The Balaban J connectivity index is 1.40. The van der Waals surface area contributed by atoms with Crippen molar-refractivity contribution in [1.29, 1.82) is 0 Å². The van der Waals surface area contributed by atoms with Crippen molar-refractivity contribution in [3.05, 3.63) is 73.3 Å². The molecule has 0 unspecified atom stereocenters. The van der Waals surface area contributed by atoms with Crippen LogP contribution in [-0.2, 0) is 4.79 Å². The molecule has 29 heavy (non-hydrogen) atoms. The lowest BCUT2D eigenvalue weighted by Crippen LogP contribution is -2.20. The van der Waals surface area contributed by atoms with E-state index in [1.807, 2.05) is 18.2 Å². The van der Waals surface area contributed by atoms with Crippen molar-refractivity contribution >= 4 is 17.3 Å². The van der Waals surface area contributed by atoms with Gasteiger partial charge in [-0.25, -0.2) is 4.98 Å². The van der Waals surface area contributed by atoms with E-state index in [-0.39, 0.29) is 12.5 Å². The van der Waals surface area contributed by atoms with Gasteiger partial charge >= 0.3 is 0 Å². The number of benzene rings is 2. The van der Waals surface area contributed by atoms with Gasteiger partial charge in [-0.05, 0) is 24.3 Å². The number of hydrogen-bond acceptors (Lipinski definition) is 5. The highest BCUT2D eigenvalue weighted by Crippen LogP contribution is 2.32. The quantitative estimate of drug-likeness (QED) is 0.695. The summed E-state index contributed by atoms with van der Waals surface area (Å²) in [7, 11) is 0. The van der Waals surface area contributed by atoms with Crippen LogP contribution in [0.5, 0.6) is 17.2 Å². The monoisotopic (exact) mass is 391 g/mol. The average molecular weight is 391 g/mol. The van der Waals surface area contributed by atoms with Gasteiger partial charge in [-0.3, -0.25) is 4.79 Å². The molecule has 0 fully saturated rings. The van der Waals surface area contributed by atoms with Crippen molar-refractivity contribution in [2.75, 3.05) is 25.1 Å². The average Bonchev–Trinajstić information content (AvgIpc) is 3.18.